The first kappa shape index (κ1) is 17.7. The molecule has 24 heavy (non-hydrogen) atoms. The Hall–Kier alpha value is -2.60. The Morgan fingerprint density at radius 2 is 1.75 bits per heavy atom. The number of hydrogen-bond acceptors (Lipinski definition) is 5. The van der Waals surface area contributed by atoms with Crippen LogP contribution in [0.25, 0.3) is 0 Å². The van der Waals surface area contributed by atoms with Crippen LogP contribution in [-0.4, -0.2) is 26.2 Å². The van der Waals surface area contributed by atoms with Gasteiger partial charge in [-0.3, -0.25) is 4.79 Å². The molecule has 0 amide bonds. The van der Waals surface area contributed by atoms with Gasteiger partial charge in [-0.2, -0.15) is 0 Å². The maximum Gasteiger partial charge on any atom is 0.322 e. The Balaban J connectivity index is 2.10. The third-order valence-electron chi connectivity index (χ3n) is 3.50. The van der Waals surface area contributed by atoms with Crippen LogP contribution in [0.15, 0.2) is 42.5 Å². The van der Waals surface area contributed by atoms with Gasteiger partial charge >= 0.3 is 5.97 Å². The molecule has 0 aliphatic heterocycles. The van der Waals surface area contributed by atoms with Crippen molar-refractivity contribution >= 4 is 5.97 Å². The molecule has 5 nitrogen and oxygen atoms in total. The topological polar surface area (TPSA) is 70.8 Å². The molecule has 0 radical (unpaired) electrons. The van der Waals surface area contributed by atoms with Crippen molar-refractivity contribution in [3.05, 3.63) is 59.4 Å². The summed E-state index contributed by atoms with van der Waals surface area (Å²) in [5.74, 6) is 0.318. The van der Waals surface area contributed by atoms with E-state index in [1.165, 1.54) is 19.2 Å². The minimum Gasteiger partial charge on any atom is -0.493 e. The number of ether oxygens (including phenoxy) is 3. The van der Waals surface area contributed by atoms with Gasteiger partial charge in [-0.25, -0.2) is 4.39 Å². The third kappa shape index (κ3) is 4.70. The largest absolute Gasteiger partial charge is 0.493 e. The van der Waals surface area contributed by atoms with Gasteiger partial charge in [-0.1, -0.05) is 18.2 Å². The fourth-order valence-electron chi connectivity index (χ4n) is 2.19. The van der Waals surface area contributed by atoms with Crippen molar-refractivity contribution in [1.29, 1.82) is 0 Å². The Labute approximate surface area is 140 Å². The smallest absolute Gasteiger partial charge is 0.322 e. The molecular weight excluding hydrogens is 313 g/mol. The molecule has 0 fully saturated rings. The number of methoxy groups -OCH3 is 2. The lowest BCUT2D eigenvalue weighted by Gasteiger charge is -2.14. The lowest BCUT2D eigenvalue weighted by atomic mass is 10.1. The summed E-state index contributed by atoms with van der Waals surface area (Å²) in [7, 11) is 2.84. The summed E-state index contributed by atoms with van der Waals surface area (Å²) >= 11 is 0. The van der Waals surface area contributed by atoms with Gasteiger partial charge in [0.2, 0.25) is 0 Å². The van der Waals surface area contributed by atoms with Gasteiger partial charge in [0.25, 0.3) is 0 Å². The van der Waals surface area contributed by atoms with Crippen LogP contribution < -0.4 is 15.2 Å². The Morgan fingerprint density at radius 3 is 2.38 bits per heavy atom. The summed E-state index contributed by atoms with van der Waals surface area (Å²) in [4.78, 5) is 11.4. The molecule has 0 aliphatic rings. The van der Waals surface area contributed by atoms with Crippen molar-refractivity contribution in [1.82, 2.24) is 0 Å². The second kappa shape index (κ2) is 8.31. The van der Waals surface area contributed by atoms with Crippen LogP contribution in [0.4, 0.5) is 4.39 Å². The van der Waals surface area contributed by atoms with Crippen LogP contribution in [0, 0.1) is 5.82 Å². The zero-order valence-corrected chi connectivity index (χ0v) is 13.6. The quantitative estimate of drug-likeness (QED) is 0.788. The predicted molar refractivity (Wildman–Crippen MR) is 87.4 cm³/mol. The number of carbonyl (C=O) groups excluding carboxylic acids is 1. The minimum atomic E-state index is -0.742. The van der Waals surface area contributed by atoms with Crippen LogP contribution >= 0.6 is 0 Å². The number of hydrogen-bond donors (Lipinski definition) is 1. The fraction of sp³-hybridized carbons (Fsp3) is 0.278. The fourth-order valence-corrected chi connectivity index (χ4v) is 2.19. The van der Waals surface area contributed by atoms with Gasteiger partial charge in [0.1, 0.15) is 18.5 Å². The van der Waals surface area contributed by atoms with Gasteiger partial charge in [0, 0.05) is 0 Å². The number of nitrogens with two attached hydrogens (primary N) is 1. The highest BCUT2D eigenvalue weighted by Gasteiger charge is 2.15. The average Bonchev–Trinajstić information content (AvgIpc) is 2.60. The van der Waals surface area contributed by atoms with Gasteiger partial charge in [0.15, 0.2) is 11.5 Å². The van der Waals surface area contributed by atoms with Gasteiger partial charge < -0.3 is 19.9 Å². The average molecular weight is 333 g/mol. The van der Waals surface area contributed by atoms with Crippen molar-refractivity contribution in [2.75, 3.05) is 14.2 Å². The first-order valence-corrected chi connectivity index (χ1v) is 7.41. The number of carbonyl (C=O) groups is 1. The SMILES string of the molecule is COC(=O)C(N)Cc1ccc(OC)c(OCc2ccc(F)cc2)c1. The highest BCUT2D eigenvalue weighted by atomic mass is 19.1. The van der Waals surface area contributed by atoms with Crippen LogP contribution in [0.2, 0.25) is 0 Å². The van der Waals surface area contributed by atoms with Crippen molar-refractivity contribution in [2.45, 2.75) is 19.1 Å². The van der Waals surface area contributed by atoms with E-state index in [4.69, 9.17) is 15.2 Å². The molecule has 2 aromatic carbocycles. The number of rotatable bonds is 7. The van der Waals surface area contributed by atoms with E-state index in [2.05, 4.69) is 4.74 Å². The summed E-state index contributed by atoms with van der Waals surface area (Å²) < 4.78 is 28.6. The monoisotopic (exact) mass is 333 g/mol. The second-order valence-electron chi connectivity index (χ2n) is 5.23. The molecule has 0 heterocycles. The molecule has 1 unspecified atom stereocenters. The molecule has 2 N–H and O–H groups in total. The van der Waals surface area contributed by atoms with Crippen molar-refractivity contribution < 1.29 is 23.4 Å². The molecule has 0 saturated heterocycles. The molecule has 0 aliphatic carbocycles. The molecule has 0 saturated carbocycles. The van der Waals surface area contributed by atoms with E-state index in [9.17, 15) is 9.18 Å². The second-order valence-corrected chi connectivity index (χ2v) is 5.23. The molecule has 0 aromatic heterocycles. The van der Waals surface area contributed by atoms with Crippen LogP contribution in [0.3, 0.4) is 0 Å². The summed E-state index contributed by atoms with van der Waals surface area (Å²) in [6.45, 7) is 0.267. The van der Waals surface area contributed by atoms with Crippen LogP contribution in [-0.2, 0) is 22.6 Å². The predicted octanol–water partition coefficient (Wildman–Crippen LogP) is 2.46. The zero-order valence-electron chi connectivity index (χ0n) is 13.6. The van der Waals surface area contributed by atoms with E-state index < -0.39 is 12.0 Å². The summed E-state index contributed by atoms with van der Waals surface area (Å²) in [5, 5.41) is 0. The van der Waals surface area contributed by atoms with Crippen molar-refractivity contribution in [3.8, 4) is 11.5 Å². The molecule has 0 bridgehead atoms. The normalized spacial score (nSPS) is 11.7. The van der Waals surface area contributed by atoms with E-state index >= 15 is 0 Å². The zero-order chi connectivity index (χ0) is 17.5. The van der Waals surface area contributed by atoms with E-state index in [0.717, 1.165) is 11.1 Å². The highest BCUT2D eigenvalue weighted by molar-refractivity contribution is 5.75. The van der Waals surface area contributed by atoms with E-state index in [-0.39, 0.29) is 12.4 Å². The molecule has 2 aromatic rings. The first-order chi connectivity index (χ1) is 11.5. The van der Waals surface area contributed by atoms with Crippen LogP contribution in [0.5, 0.6) is 11.5 Å². The molecular formula is C18H20FNO4. The van der Waals surface area contributed by atoms with Crippen LogP contribution in [0.1, 0.15) is 11.1 Å². The van der Waals surface area contributed by atoms with E-state index in [0.29, 0.717) is 17.9 Å². The minimum absolute atomic E-state index is 0.267. The standard InChI is InChI=1S/C18H20FNO4/c1-22-16-8-5-13(9-15(20)18(21)23-2)10-17(16)24-11-12-3-6-14(19)7-4-12/h3-8,10,15H,9,11,20H2,1-2H3. The molecule has 0 spiro atoms. The maximum atomic E-state index is 12.9. The molecule has 2 rings (SSSR count). The van der Waals surface area contributed by atoms with Gasteiger partial charge in [0.05, 0.1) is 14.2 Å². The third-order valence-corrected chi connectivity index (χ3v) is 3.50. The summed E-state index contributed by atoms with van der Waals surface area (Å²) in [5.41, 5.74) is 7.43. The van der Waals surface area contributed by atoms with E-state index in [1.54, 1.807) is 31.4 Å². The Kier molecular flexibility index (Phi) is 6.14. The Morgan fingerprint density at radius 1 is 1.08 bits per heavy atom. The number of halogens is 1. The molecule has 6 heteroatoms. The van der Waals surface area contributed by atoms with Crippen molar-refractivity contribution in [2.24, 2.45) is 5.73 Å². The lowest BCUT2D eigenvalue weighted by molar-refractivity contribution is -0.142. The maximum absolute atomic E-state index is 12.9. The first-order valence-electron chi connectivity index (χ1n) is 7.41. The summed E-state index contributed by atoms with van der Waals surface area (Å²) in [6.07, 6.45) is 0.323. The van der Waals surface area contributed by atoms with Gasteiger partial charge in [-0.05, 0) is 41.8 Å². The number of esters is 1. The van der Waals surface area contributed by atoms with E-state index in [1.807, 2.05) is 6.07 Å². The number of benzene rings is 2. The lowest BCUT2D eigenvalue weighted by Crippen LogP contribution is -2.33. The van der Waals surface area contributed by atoms with Gasteiger partial charge in [-0.15, -0.1) is 0 Å². The molecule has 128 valence electrons. The molecule has 1 atom stereocenters. The summed E-state index contributed by atoms with van der Waals surface area (Å²) in [6, 6.07) is 10.6. The van der Waals surface area contributed by atoms with Crippen molar-refractivity contribution in [3.63, 3.8) is 0 Å². The highest BCUT2D eigenvalue weighted by Crippen LogP contribution is 2.29. The Bertz CT molecular complexity index is 688.